The Bertz CT molecular complexity index is 460. The molecule has 1 aromatic rings. The molecule has 1 aromatic carbocycles. The van der Waals surface area contributed by atoms with E-state index in [0.717, 1.165) is 5.56 Å². The van der Waals surface area contributed by atoms with Crippen molar-refractivity contribution in [1.82, 2.24) is 5.32 Å². The average Bonchev–Trinajstić information content (AvgIpc) is 2.31. The Morgan fingerprint density at radius 3 is 2.61 bits per heavy atom. The third-order valence-corrected chi connectivity index (χ3v) is 3.02. The number of carbonyl (C=O) groups excluding carboxylic acids is 1. The summed E-state index contributed by atoms with van der Waals surface area (Å²) in [5.74, 6) is -1.41. The Kier molecular flexibility index (Phi) is 5.16. The third kappa shape index (κ3) is 3.74. The first-order chi connectivity index (χ1) is 8.45. The van der Waals surface area contributed by atoms with Gasteiger partial charge in [-0.2, -0.15) is 0 Å². The summed E-state index contributed by atoms with van der Waals surface area (Å²) >= 11 is 5.87. The van der Waals surface area contributed by atoms with Gasteiger partial charge in [0.1, 0.15) is 6.04 Å². The van der Waals surface area contributed by atoms with Crippen LogP contribution in [0.25, 0.3) is 0 Å². The van der Waals surface area contributed by atoms with Crippen LogP contribution in [0.4, 0.5) is 0 Å². The fourth-order valence-corrected chi connectivity index (χ4v) is 1.69. The molecule has 18 heavy (non-hydrogen) atoms. The fourth-order valence-electron chi connectivity index (χ4n) is 1.57. The van der Waals surface area contributed by atoms with E-state index in [4.69, 9.17) is 16.7 Å². The Morgan fingerprint density at radius 1 is 1.44 bits per heavy atom. The molecule has 0 unspecified atom stereocenters. The molecule has 0 aliphatic heterocycles. The predicted molar refractivity (Wildman–Crippen MR) is 70.0 cm³/mol. The molecule has 1 amide bonds. The highest BCUT2D eigenvalue weighted by Crippen LogP contribution is 2.16. The maximum Gasteiger partial charge on any atom is 0.326 e. The largest absolute Gasteiger partial charge is 0.480 e. The SMILES string of the molecule is CCC[C@@H](NC(=O)c1ccc(Cl)c(C)c1)C(=O)O. The molecule has 0 radical (unpaired) electrons. The van der Waals surface area contributed by atoms with Crippen molar-refractivity contribution in [3.05, 3.63) is 34.3 Å². The van der Waals surface area contributed by atoms with Crippen molar-refractivity contribution < 1.29 is 14.7 Å². The van der Waals surface area contributed by atoms with Gasteiger partial charge in [0.2, 0.25) is 0 Å². The minimum absolute atomic E-state index is 0.393. The monoisotopic (exact) mass is 269 g/mol. The highest BCUT2D eigenvalue weighted by atomic mass is 35.5. The molecular weight excluding hydrogens is 254 g/mol. The van der Waals surface area contributed by atoms with Crippen molar-refractivity contribution >= 4 is 23.5 Å². The second-order valence-electron chi connectivity index (χ2n) is 4.12. The lowest BCUT2D eigenvalue weighted by molar-refractivity contribution is -0.139. The zero-order valence-corrected chi connectivity index (χ0v) is 11.1. The smallest absolute Gasteiger partial charge is 0.326 e. The zero-order valence-electron chi connectivity index (χ0n) is 10.4. The molecule has 2 N–H and O–H groups in total. The van der Waals surface area contributed by atoms with Crippen LogP contribution in [-0.4, -0.2) is 23.0 Å². The summed E-state index contributed by atoms with van der Waals surface area (Å²) in [7, 11) is 0. The summed E-state index contributed by atoms with van der Waals surface area (Å²) in [5, 5.41) is 12.0. The number of rotatable bonds is 5. The van der Waals surface area contributed by atoms with Crippen LogP contribution < -0.4 is 5.32 Å². The molecule has 0 saturated heterocycles. The van der Waals surface area contributed by atoms with E-state index in [1.807, 2.05) is 6.92 Å². The van der Waals surface area contributed by atoms with E-state index in [-0.39, 0.29) is 0 Å². The van der Waals surface area contributed by atoms with Crippen molar-refractivity contribution in [2.24, 2.45) is 0 Å². The van der Waals surface area contributed by atoms with Gasteiger partial charge in [-0.25, -0.2) is 4.79 Å². The van der Waals surface area contributed by atoms with E-state index in [1.54, 1.807) is 25.1 Å². The number of halogens is 1. The molecule has 4 nitrogen and oxygen atoms in total. The highest BCUT2D eigenvalue weighted by molar-refractivity contribution is 6.31. The van der Waals surface area contributed by atoms with Gasteiger partial charge in [0.15, 0.2) is 0 Å². The second kappa shape index (κ2) is 6.40. The molecule has 1 atom stereocenters. The Balaban J connectivity index is 2.80. The molecule has 0 aromatic heterocycles. The lowest BCUT2D eigenvalue weighted by Gasteiger charge is -2.13. The number of carboxylic acid groups (broad SMARTS) is 1. The van der Waals surface area contributed by atoms with Gasteiger partial charge in [0, 0.05) is 10.6 Å². The normalized spacial score (nSPS) is 11.9. The summed E-state index contributed by atoms with van der Waals surface area (Å²) in [6.07, 6.45) is 1.10. The van der Waals surface area contributed by atoms with Crippen LogP contribution in [0.3, 0.4) is 0 Å². The van der Waals surface area contributed by atoms with Crippen molar-refractivity contribution in [3.63, 3.8) is 0 Å². The van der Waals surface area contributed by atoms with Crippen molar-refractivity contribution in [2.75, 3.05) is 0 Å². The number of carboxylic acids is 1. The number of hydrogen-bond acceptors (Lipinski definition) is 2. The average molecular weight is 270 g/mol. The predicted octanol–water partition coefficient (Wildman–Crippen LogP) is 2.63. The maximum absolute atomic E-state index is 11.9. The van der Waals surface area contributed by atoms with Gasteiger partial charge in [-0.3, -0.25) is 4.79 Å². The van der Waals surface area contributed by atoms with Crippen LogP contribution in [0.5, 0.6) is 0 Å². The second-order valence-corrected chi connectivity index (χ2v) is 4.52. The topological polar surface area (TPSA) is 66.4 Å². The standard InChI is InChI=1S/C13H16ClNO3/c1-3-4-11(13(17)18)15-12(16)9-5-6-10(14)8(2)7-9/h5-7,11H,3-4H2,1-2H3,(H,15,16)(H,17,18)/t11-/m1/s1. The number of aliphatic carboxylic acids is 1. The molecule has 0 fully saturated rings. The first-order valence-corrected chi connectivity index (χ1v) is 6.13. The van der Waals surface area contributed by atoms with Gasteiger partial charge in [-0.05, 0) is 37.1 Å². The number of hydrogen-bond donors (Lipinski definition) is 2. The van der Waals surface area contributed by atoms with Crippen LogP contribution in [0, 0.1) is 6.92 Å². The van der Waals surface area contributed by atoms with Crippen molar-refractivity contribution in [3.8, 4) is 0 Å². The number of nitrogens with one attached hydrogen (secondary N) is 1. The van der Waals surface area contributed by atoms with Gasteiger partial charge in [-0.1, -0.05) is 24.9 Å². The Labute approximate surface area is 111 Å². The van der Waals surface area contributed by atoms with Gasteiger partial charge in [0.25, 0.3) is 5.91 Å². The molecule has 5 heteroatoms. The molecular formula is C13H16ClNO3. The van der Waals surface area contributed by atoms with E-state index in [2.05, 4.69) is 5.32 Å². The number of amides is 1. The van der Waals surface area contributed by atoms with Crippen molar-refractivity contribution in [1.29, 1.82) is 0 Å². The number of aryl methyl sites for hydroxylation is 1. The highest BCUT2D eigenvalue weighted by Gasteiger charge is 2.19. The van der Waals surface area contributed by atoms with E-state index >= 15 is 0 Å². The number of benzene rings is 1. The Hall–Kier alpha value is -1.55. The van der Waals surface area contributed by atoms with E-state index < -0.39 is 17.9 Å². The maximum atomic E-state index is 11.9. The van der Waals surface area contributed by atoms with Gasteiger partial charge >= 0.3 is 5.97 Å². The summed E-state index contributed by atoms with van der Waals surface area (Å²) in [5.41, 5.74) is 1.20. The van der Waals surface area contributed by atoms with E-state index in [1.165, 1.54) is 0 Å². The first kappa shape index (κ1) is 14.5. The number of carbonyl (C=O) groups is 2. The van der Waals surface area contributed by atoms with Crippen LogP contribution in [0.1, 0.15) is 35.7 Å². The lowest BCUT2D eigenvalue weighted by atomic mass is 10.1. The molecule has 0 aliphatic rings. The quantitative estimate of drug-likeness (QED) is 0.863. The molecule has 0 spiro atoms. The van der Waals surface area contributed by atoms with Crippen LogP contribution >= 0.6 is 11.6 Å². The summed E-state index contributed by atoms with van der Waals surface area (Å²) in [6.45, 7) is 3.66. The minimum Gasteiger partial charge on any atom is -0.480 e. The Morgan fingerprint density at radius 2 is 2.11 bits per heavy atom. The molecule has 0 heterocycles. The summed E-state index contributed by atoms with van der Waals surface area (Å²) in [4.78, 5) is 22.8. The molecule has 0 bridgehead atoms. The molecule has 0 saturated carbocycles. The van der Waals surface area contributed by atoms with Crippen LogP contribution in [0.15, 0.2) is 18.2 Å². The minimum atomic E-state index is -1.02. The molecule has 1 rings (SSSR count). The van der Waals surface area contributed by atoms with Gasteiger partial charge < -0.3 is 10.4 Å². The third-order valence-electron chi connectivity index (χ3n) is 2.60. The van der Waals surface area contributed by atoms with Crippen molar-refractivity contribution in [2.45, 2.75) is 32.7 Å². The zero-order chi connectivity index (χ0) is 13.7. The summed E-state index contributed by atoms with van der Waals surface area (Å²) in [6, 6.07) is 4.00. The first-order valence-electron chi connectivity index (χ1n) is 5.75. The van der Waals surface area contributed by atoms with Gasteiger partial charge in [0.05, 0.1) is 0 Å². The van der Waals surface area contributed by atoms with E-state index in [9.17, 15) is 9.59 Å². The molecule has 0 aliphatic carbocycles. The van der Waals surface area contributed by atoms with Crippen LogP contribution in [-0.2, 0) is 4.79 Å². The van der Waals surface area contributed by atoms with E-state index in [0.29, 0.717) is 23.4 Å². The lowest BCUT2D eigenvalue weighted by Crippen LogP contribution is -2.40. The van der Waals surface area contributed by atoms with Gasteiger partial charge in [-0.15, -0.1) is 0 Å². The molecule has 98 valence electrons. The fraction of sp³-hybridized carbons (Fsp3) is 0.385. The van der Waals surface area contributed by atoms with Crippen LogP contribution in [0.2, 0.25) is 5.02 Å². The summed E-state index contributed by atoms with van der Waals surface area (Å²) < 4.78 is 0.